The summed E-state index contributed by atoms with van der Waals surface area (Å²) in [4.78, 5) is 0. The molecule has 3 heteroatoms. The van der Waals surface area contributed by atoms with Gasteiger partial charge in [0.1, 0.15) is 5.75 Å². The van der Waals surface area contributed by atoms with E-state index in [-0.39, 0.29) is 0 Å². The highest BCUT2D eigenvalue weighted by Gasteiger charge is 2.06. The summed E-state index contributed by atoms with van der Waals surface area (Å²) in [6.45, 7) is 2.80. The van der Waals surface area contributed by atoms with Gasteiger partial charge in [-0.05, 0) is 35.4 Å². The van der Waals surface area contributed by atoms with Crippen LogP contribution in [0, 0.1) is 0 Å². The van der Waals surface area contributed by atoms with Crippen LogP contribution in [0.4, 0.5) is 5.69 Å². The highest BCUT2D eigenvalue weighted by molar-refractivity contribution is 6.02. The van der Waals surface area contributed by atoms with Crippen LogP contribution < -0.4 is 10.2 Å². The fraction of sp³-hybridized carbons (Fsp3) is 0.150. The van der Waals surface area contributed by atoms with E-state index in [1.807, 2.05) is 54.7 Å². The van der Waals surface area contributed by atoms with Crippen molar-refractivity contribution in [1.82, 2.24) is 0 Å². The summed E-state index contributed by atoms with van der Waals surface area (Å²) in [5.41, 5.74) is 5.01. The third-order valence-corrected chi connectivity index (χ3v) is 3.55. The Kier molecular flexibility index (Phi) is 4.89. The van der Waals surface area contributed by atoms with Crippen molar-refractivity contribution in [3.63, 3.8) is 0 Å². The predicted octanol–water partition coefficient (Wildman–Crippen LogP) is 5.07. The molecule has 0 radical (unpaired) electrons. The van der Waals surface area contributed by atoms with Crippen LogP contribution in [0.3, 0.4) is 0 Å². The first-order chi connectivity index (χ1) is 11.4. The largest absolute Gasteiger partial charge is 0.493 e. The number of benzene rings is 3. The van der Waals surface area contributed by atoms with Crippen molar-refractivity contribution < 1.29 is 4.74 Å². The Morgan fingerprint density at radius 2 is 1.74 bits per heavy atom. The number of hydrogen-bond donors (Lipinski definition) is 1. The van der Waals surface area contributed by atoms with Gasteiger partial charge in [-0.2, -0.15) is 5.10 Å². The van der Waals surface area contributed by atoms with Crippen molar-refractivity contribution in [3.8, 4) is 5.75 Å². The molecule has 3 nitrogen and oxygen atoms in total. The second-order valence-corrected chi connectivity index (χ2v) is 5.28. The number of anilines is 1. The van der Waals surface area contributed by atoms with Crippen molar-refractivity contribution in [2.75, 3.05) is 12.0 Å². The summed E-state index contributed by atoms with van der Waals surface area (Å²) in [6, 6.07) is 22.3. The molecule has 0 bridgehead atoms. The van der Waals surface area contributed by atoms with Crippen molar-refractivity contribution in [2.45, 2.75) is 13.3 Å². The molecule has 0 aromatic heterocycles. The smallest absolute Gasteiger partial charge is 0.128 e. The number of fused-ring (bicyclic) bond motifs is 1. The van der Waals surface area contributed by atoms with Gasteiger partial charge in [0, 0.05) is 5.56 Å². The lowest BCUT2D eigenvalue weighted by Crippen LogP contribution is -2.00. The van der Waals surface area contributed by atoms with Gasteiger partial charge >= 0.3 is 0 Å². The minimum Gasteiger partial charge on any atom is -0.493 e. The maximum absolute atomic E-state index is 5.88. The number of hydrogen-bond acceptors (Lipinski definition) is 3. The van der Waals surface area contributed by atoms with Gasteiger partial charge in [-0.15, -0.1) is 0 Å². The molecule has 0 amide bonds. The predicted molar refractivity (Wildman–Crippen MR) is 97.4 cm³/mol. The van der Waals surface area contributed by atoms with Crippen LogP contribution in [0.2, 0.25) is 0 Å². The Morgan fingerprint density at radius 1 is 0.957 bits per heavy atom. The Balaban J connectivity index is 1.92. The Hall–Kier alpha value is -2.81. The second kappa shape index (κ2) is 7.45. The quantitative estimate of drug-likeness (QED) is 0.509. The molecule has 0 atom stereocenters. The Bertz CT molecular complexity index is 797. The maximum atomic E-state index is 5.88. The summed E-state index contributed by atoms with van der Waals surface area (Å²) in [6.07, 6.45) is 2.81. The lowest BCUT2D eigenvalue weighted by molar-refractivity contribution is 0.317. The second-order valence-electron chi connectivity index (χ2n) is 5.28. The third-order valence-electron chi connectivity index (χ3n) is 3.55. The number of ether oxygens (including phenoxy) is 1. The number of rotatable bonds is 6. The van der Waals surface area contributed by atoms with Crippen LogP contribution in [0.5, 0.6) is 5.75 Å². The maximum Gasteiger partial charge on any atom is 0.128 e. The zero-order valence-electron chi connectivity index (χ0n) is 13.2. The molecule has 0 spiro atoms. The third kappa shape index (κ3) is 3.69. The molecule has 116 valence electrons. The zero-order chi connectivity index (χ0) is 15.9. The van der Waals surface area contributed by atoms with Crippen molar-refractivity contribution in [2.24, 2.45) is 5.10 Å². The average Bonchev–Trinajstić information content (AvgIpc) is 2.61. The van der Waals surface area contributed by atoms with Crippen molar-refractivity contribution >= 4 is 22.7 Å². The topological polar surface area (TPSA) is 33.6 Å². The average molecular weight is 304 g/mol. The minimum atomic E-state index is 0.700. The van der Waals surface area contributed by atoms with Crippen LogP contribution in [-0.2, 0) is 0 Å². The van der Waals surface area contributed by atoms with Gasteiger partial charge in [0.05, 0.1) is 18.5 Å². The van der Waals surface area contributed by atoms with E-state index in [1.54, 1.807) is 0 Å². The van der Waals surface area contributed by atoms with E-state index in [0.717, 1.165) is 28.8 Å². The van der Waals surface area contributed by atoms with Crippen LogP contribution in [0.25, 0.3) is 10.8 Å². The zero-order valence-corrected chi connectivity index (χ0v) is 13.2. The molecule has 0 aliphatic carbocycles. The first kappa shape index (κ1) is 15.1. The van der Waals surface area contributed by atoms with E-state index in [1.165, 1.54) is 5.39 Å². The van der Waals surface area contributed by atoms with Gasteiger partial charge in [-0.3, -0.25) is 5.43 Å². The van der Waals surface area contributed by atoms with E-state index in [2.05, 4.69) is 35.7 Å². The van der Waals surface area contributed by atoms with Gasteiger partial charge in [-0.25, -0.2) is 0 Å². The van der Waals surface area contributed by atoms with Crippen molar-refractivity contribution in [1.29, 1.82) is 0 Å². The monoisotopic (exact) mass is 304 g/mol. The minimum absolute atomic E-state index is 0.700. The van der Waals surface area contributed by atoms with Crippen LogP contribution >= 0.6 is 0 Å². The SMILES string of the molecule is CCCOc1ccc2ccccc2c1/C=N/Nc1ccccc1. The lowest BCUT2D eigenvalue weighted by Gasteiger charge is -2.11. The lowest BCUT2D eigenvalue weighted by atomic mass is 10.0. The van der Waals surface area contributed by atoms with Crippen molar-refractivity contribution in [3.05, 3.63) is 72.3 Å². The first-order valence-corrected chi connectivity index (χ1v) is 7.87. The number of para-hydroxylation sites is 1. The fourth-order valence-corrected chi connectivity index (χ4v) is 2.43. The summed E-state index contributed by atoms with van der Waals surface area (Å²) in [5, 5.41) is 6.69. The molecule has 0 heterocycles. The normalized spacial score (nSPS) is 11.0. The van der Waals surface area contributed by atoms with E-state index in [9.17, 15) is 0 Å². The van der Waals surface area contributed by atoms with E-state index in [0.29, 0.717) is 6.61 Å². The van der Waals surface area contributed by atoms with E-state index in [4.69, 9.17) is 4.74 Å². The summed E-state index contributed by atoms with van der Waals surface area (Å²) in [5.74, 6) is 0.865. The number of nitrogens with one attached hydrogen (secondary N) is 1. The molecule has 1 N–H and O–H groups in total. The van der Waals surface area contributed by atoms with Gasteiger partial charge in [-0.1, -0.05) is 55.5 Å². The molecular weight excluding hydrogens is 284 g/mol. The molecule has 0 aliphatic rings. The Morgan fingerprint density at radius 3 is 2.57 bits per heavy atom. The van der Waals surface area contributed by atoms with Crippen LogP contribution in [-0.4, -0.2) is 12.8 Å². The molecule has 3 rings (SSSR count). The molecule has 23 heavy (non-hydrogen) atoms. The molecular formula is C20H20N2O. The van der Waals surface area contributed by atoms with Gasteiger partial charge in [0.15, 0.2) is 0 Å². The van der Waals surface area contributed by atoms with E-state index >= 15 is 0 Å². The molecule has 3 aromatic carbocycles. The summed E-state index contributed by atoms with van der Waals surface area (Å²) >= 11 is 0. The van der Waals surface area contributed by atoms with Crippen LogP contribution in [0.1, 0.15) is 18.9 Å². The van der Waals surface area contributed by atoms with E-state index < -0.39 is 0 Å². The van der Waals surface area contributed by atoms with Gasteiger partial charge in [0.25, 0.3) is 0 Å². The first-order valence-electron chi connectivity index (χ1n) is 7.87. The number of hydrazone groups is 1. The summed E-state index contributed by atoms with van der Waals surface area (Å²) in [7, 11) is 0. The molecule has 3 aromatic rings. The fourth-order valence-electron chi connectivity index (χ4n) is 2.43. The highest BCUT2D eigenvalue weighted by Crippen LogP contribution is 2.27. The molecule has 0 aliphatic heterocycles. The standard InChI is InChI=1S/C20H20N2O/c1-2-14-23-20-13-12-16-8-6-7-11-18(16)19(20)15-21-22-17-9-4-3-5-10-17/h3-13,15,22H,2,14H2,1H3/b21-15+. The molecule has 0 fully saturated rings. The Labute approximate surface area is 136 Å². The molecule has 0 unspecified atom stereocenters. The van der Waals surface area contributed by atoms with Gasteiger partial charge in [0.2, 0.25) is 0 Å². The van der Waals surface area contributed by atoms with Gasteiger partial charge < -0.3 is 4.74 Å². The molecule has 0 saturated heterocycles. The van der Waals surface area contributed by atoms with Crippen LogP contribution in [0.15, 0.2) is 71.8 Å². The summed E-state index contributed by atoms with van der Waals surface area (Å²) < 4.78 is 5.88. The molecule has 0 saturated carbocycles. The highest BCUT2D eigenvalue weighted by atomic mass is 16.5. The number of nitrogens with zero attached hydrogens (tertiary/aromatic N) is 1.